The zero-order chi connectivity index (χ0) is 25.5. The minimum absolute atomic E-state index is 0.0475. The van der Waals surface area contributed by atoms with Crippen LogP contribution in [0.5, 0.6) is 0 Å². The lowest BCUT2D eigenvalue weighted by atomic mass is 10.0. The van der Waals surface area contributed by atoms with Crippen LogP contribution in [0.3, 0.4) is 0 Å². The molecule has 4 rings (SSSR count). The summed E-state index contributed by atoms with van der Waals surface area (Å²) in [6.45, 7) is 5.14. The molecule has 2 aromatic rings. The van der Waals surface area contributed by atoms with Gasteiger partial charge < -0.3 is 10.0 Å². The van der Waals surface area contributed by atoms with Gasteiger partial charge in [0.2, 0.25) is 0 Å². The number of hydrogen-bond donors (Lipinski definition) is 1. The van der Waals surface area contributed by atoms with Gasteiger partial charge in [-0.1, -0.05) is 23.7 Å². The molecule has 0 aromatic heterocycles. The fourth-order valence-electron chi connectivity index (χ4n) is 4.79. The number of rotatable bonds is 6. The number of piperazine rings is 1. The Labute approximate surface area is 206 Å². The summed E-state index contributed by atoms with van der Waals surface area (Å²) in [4.78, 5) is 15.2. The highest BCUT2D eigenvalue weighted by atomic mass is 35.5. The van der Waals surface area contributed by atoms with Gasteiger partial charge in [0, 0.05) is 31.9 Å². The van der Waals surface area contributed by atoms with Crippen LogP contribution in [0.4, 0.5) is 18.9 Å². The zero-order valence-corrected chi connectivity index (χ0v) is 20.2. The van der Waals surface area contributed by atoms with Crippen molar-refractivity contribution >= 4 is 33.1 Å². The minimum atomic E-state index is -4.54. The molecule has 1 fully saturated rings. The van der Waals surface area contributed by atoms with E-state index in [1.54, 1.807) is 11.0 Å². The molecule has 0 amide bonds. The van der Waals surface area contributed by atoms with Crippen LogP contribution < -0.4 is 4.90 Å². The smallest absolute Gasteiger partial charge is 0.417 e. The number of benzene rings is 2. The second kappa shape index (κ2) is 9.48. The normalized spacial score (nSPS) is 19.9. The van der Waals surface area contributed by atoms with Crippen molar-refractivity contribution in [1.29, 1.82) is 0 Å². The Hall–Kier alpha value is -2.56. The van der Waals surface area contributed by atoms with Gasteiger partial charge in [0.25, 0.3) is 0 Å². The van der Waals surface area contributed by atoms with E-state index in [-0.39, 0.29) is 9.92 Å². The topological polar surface area (TPSA) is 77.9 Å². The minimum Gasteiger partial charge on any atom is -0.481 e. The molecule has 1 aliphatic heterocycles. The first-order valence-corrected chi connectivity index (χ1v) is 12.9. The number of anilines is 1. The second-order valence-corrected chi connectivity index (χ2v) is 11.1. The van der Waals surface area contributed by atoms with Gasteiger partial charge in [-0.3, -0.25) is 9.69 Å². The predicted octanol–water partition coefficient (Wildman–Crippen LogP) is 4.58. The third-order valence-electron chi connectivity index (χ3n) is 6.64. The molecular formula is C24H24ClF3N2O4S. The maximum Gasteiger partial charge on any atom is 0.417 e. The summed E-state index contributed by atoms with van der Waals surface area (Å²) in [6.07, 6.45) is -2.16. The maximum atomic E-state index is 13.5. The number of carboxylic acids is 1. The molecule has 0 saturated carbocycles. The van der Waals surface area contributed by atoms with E-state index in [4.69, 9.17) is 11.6 Å². The zero-order valence-electron chi connectivity index (χ0n) is 18.6. The van der Waals surface area contributed by atoms with E-state index >= 15 is 0 Å². The van der Waals surface area contributed by atoms with Crippen LogP contribution in [-0.2, 0) is 27.2 Å². The van der Waals surface area contributed by atoms with E-state index < -0.39 is 38.8 Å². The van der Waals surface area contributed by atoms with Crippen molar-refractivity contribution in [2.75, 3.05) is 31.1 Å². The van der Waals surface area contributed by atoms with Crippen LogP contribution >= 0.6 is 11.6 Å². The molecular weight excluding hydrogens is 505 g/mol. The number of aryl methyl sites for hydroxylation is 1. The third kappa shape index (κ3) is 4.92. The largest absolute Gasteiger partial charge is 0.481 e. The number of fused-ring (bicyclic) bond motifs is 1. The van der Waals surface area contributed by atoms with Crippen LogP contribution in [0.25, 0.3) is 0 Å². The van der Waals surface area contributed by atoms with Gasteiger partial charge in [0.15, 0.2) is 9.84 Å². The van der Waals surface area contributed by atoms with Crippen LogP contribution in [0, 0.1) is 0 Å². The van der Waals surface area contributed by atoms with E-state index in [9.17, 15) is 31.5 Å². The summed E-state index contributed by atoms with van der Waals surface area (Å²) in [5, 5.41) is 8.05. The average Bonchev–Trinajstić information content (AvgIpc) is 3.22. The first-order valence-electron chi connectivity index (χ1n) is 11.0. The van der Waals surface area contributed by atoms with Crippen molar-refractivity contribution in [3.63, 3.8) is 0 Å². The van der Waals surface area contributed by atoms with Crippen LogP contribution in [0.15, 0.2) is 53.9 Å². The monoisotopic (exact) mass is 528 g/mol. The quantitative estimate of drug-likeness (QED) is 0.553. The molecule has 1 N–H and O–H groups in total. The van der Waals surface area contributed by atoms with Gasteiger partial charge in [-0.15, -0.1) is 6.58 Å². The Morgan fingerprint density at radius 3 is 2.40 bits per heavy atom. The van der Waals surface area contributed by atoms with E-state index in [1.807, 2.05) is 4.90 Å². The predicted molar refractivity (Wildman–Crippen MR) is 127 cm³/mol. The summed E-state index contributed by atoms with van der Waals surface area (Å²) in [6, 6.07) is 8.22. The highest BCUT2D eigenvalue weighted by Crippen LogP contribution is 2.38. The van der Waals surface area contributed by atoms with Crippen molar-refractivity contribution < 1.29 is 31.5 Å². The van der Waals surface area contributed by atoms with Crippen LogP contribution in [0.1, 0.15) is 29.0 Å². The van der Waals surface area contributed by atoms with Gasteiger partial charge in [0.1, 0.15) is 5.37 Å². The highest BCUT2D eigenvalue weighted by Gasteiger charge is 2.36. The molecule has 1 aliphatic carbocycles. The summed E-state index contributed by atoms with van der Waals surface area (Å²) in [5.41, 5.74) is 0.999. The van der Waals surface area contributed by atoms with Gasteiger partial charge >= 0.3 is 12.1 Å². The molecule has 11 heteroatoms. The highest BCUT2D eigenvalue weighted by molar-refractivity contribution is 7.92. The summed E-state index contributed by atoms with van der Waals surface area (Å²) in [5.74, 6) is -1.69. The summed E-state index contributed by atoms with van der Waals surface area (Å²) >= 11 is 5.85. The van der Waals surface area contributed by atoms with E-state index in [0.717, 1.165) is 11.6 Å². The Kier molecular flexibility index (Phi) is 6.91. The molecule has 2 atom stereocenters. The molecule has 1 heterocycles. The lowest BCUT2D eigenvalue weighted by Gasteiger charge is -2.39. The first kappa shape index (κ1) is 25.5. The fourth-order valence-corrected chi connectivity index (χ4v) is 6.76. The number of nitrogens with zero attached hydrogens (tertiary/aromatic N) is 2. The van der Waals surface area contributed by atoms with Crippen LogP contribution in [0.2, 0.25) is 5.02 Å². The number of carbonyl (C=O) groups is 1. The van der Waals surface area contributed by atoms with Gasteiger partial charge in [0.05, 0.1) is 21.4 Å². The standard InChI is InChI=1S/C24H24ClF3N2O4S/c1-2-22(35(33,34)17-6-3-15-4-7-18(23(31)32)19(15)14-17)30-11-9-29(10-12-30)16-5-8-20(21(25)13-16)24(26,27)28/h2-3,5-6,8,13-14,18,22H,1,4,7,9-12H2,(H,31,32). The number of aliphatic carboxylic acids is 1. The molecule has 188 valence electrons. The summed E-state index contributed by atoms with van der Waals surface area (Å²) < 4.78 is 65.9. The van der Waals surface area contributed by atoms with E-state index in [2.05, 4.69) is 6.58 Å². The Morgan fingerprint density at radius 2 is 1.83 bits per heavy atom. The SMILES string of the molecule is C=CC(N1CCN(c2ccc(C(F)(F)F)c(Cl)c2)CC1)S(=O)(=O)c1ccc2c(c1)C(C(=O)O)CC2. The van der Waals surface area contributed by atoms with Crippen molar-refractivity contribution in [3.05, 3.63) is 70.8 Å². The molecule has 0 bridgehead atoms. The first-order chi connectivity index (χ1) is 16.4. The van der Waals surface area contributed by atoms with Gasteiger partial charge in [-0.2, -0.15) is 13.2 Å². The van der Waals surface area contributed by atoms with Crippen molar-refractivity contribution in [1.82, 2.24) is 4.90 Å². The number of alkyl halides is 3. The van der Waals surface area contributed by atoms with Gasteiger partial charge in [-0.05, 0) is 54.3 Å². The summed E-state index contributed by atoms with van der Waals surface area (Å²) in [7, 11) is -3.88. The molecule has 2 unspecified atom stereocenters. The Morgan fingerprint density at radius 1 is 1.14 bits per heavy atom. The van der Waals surface area contributed by atoms with Crippen molar-refractivity contribution in [2.45, 2.75) is 35.2 Å². The third-order valence-corrected chi connectivity index (χ3v) is 8.99. The fraction of sp³-hybridized carbons (Fsp3) is 0.375. The molecule has 2 aromatic carbocycles. The molecule has 0 spiro atoms. The number of hydrogen-bond acceptors (Lipinski definition) is 5. The number of sulfone groups is 1. The Balaban J connectivity index is 1.50. The molecule has 2 aliphatic rings. The van der Waals surface area contributed by atoms with Gasteiger partial charge in [-0.25, -0.2) is 8.42 Å². The number of carboxylic acid groups (broad SMARTS) is 1. The van der Waals surface area contributed by atoms with Crippen molar-refractivity contribution in [2.24, 2.45) is 0 Å². The average molecular weight is 529 g/mol. The maximum absolute atomic E-state index is 13.5. The molecule has 0 radical (unpaired) electrons. The number of halogens is 4. The lowest BCUT2D eigenvalue weighted by Crippen LogP contribution is -2.52. The molecule has 1 saturated heterocycles. The lowest BCUT2D eigenvalue weighted by molar-refractivity contribution is -0.139. The second-order valence-electron chi connectivity index (χ2n) is 8.65. The van der Waals surface area contributed by atoms with Crippen molar-refractivity contribution in [3.8, 4) is 0 Å². The van der Waals surface area contributed by atoms with E-state index in [0.29, 0.717) is 50.3 Å². The van der Waals surface area contributed by atoms with E-state index in [1.165, 1.54) is 30.3 Å². The molecule has 6 nitrogen and oxygen atoms in total. The Bertz CT molecular complexity index is 1260. The van der Waals surface area contributed by atoms with Crippen LogP contribution in [-0.4, -0.2) is 55.9 Å². The molecule has 35 heavy (non-hydrogen) atoms.